The van der Waals surface area contributed by atoms with Gasteiger partial charge in [0.2, 0.25) is 0 Å². The zero-order chi connectivity index (χ0) is 15.7. The molecule has 4 nitrogen and oxygen atoms in total. The Morgan fingerprint density at radius 1 is 1.00 bits per heavy atom. The fourth-order valence-corrected chi connectivity index (χ4v) is 2.72. The summed E-state index contributed by atoms with van der Waals surface area (Å²) < 4.78 is 2.95. The highest BCUT2D eigenvalue weighted by Gasteiger charge is 2.13. The van der Waals surface area contributed by atoms with Crippen molar-refractivity contribution in [2.24, 2.45) is 0 Å². The average molecular weight is 294 g/mol. The quantitative estimate of drug-likeness (QED) is 0.745. The van der Waals surface area contributed by atoms with Crippen LogP contribution in [0, 0.1) is 6.92 Å². The highest BCUT2D eigenvalue weighted by atomic mass is 16.2. The number of hydrogen-bond donors (Lipinski definition) is 0. The van der Waals surface area contributed by atoms with Gasteiger partial charge in [0.05, 0.1) is 16.6 Å². The second-order valence-electron chi connectivity index (χ2n) is 5.43. The van der Waals surface area contributed by atoms with Gasteiger partial charge in [-0.2, -0.15) is 0 Å². The first-order valence-electron chi connectivity index (χ1n) is 7.45. The summed E-state index contributed by atoms with van der Waals surface area (Å²) in [5, 5.41) is 0.580. The molecule has 2 aromatic carbocycles. The van der Waals surface area contributed by atoms with E-state index in [0.29, 0.717) is 17.4 Å². The summed E-state index contributed by atoms with van der Waals surface area (Å²) in [4.78, 5) is 25.4. The molecule has 0 amide bonds. The molecule has 0 aliphatic carbocycles. The Hall–Kier alpha value is -2.62. The second kappa shape index (κ2) is 5.64. The minimum absolute atomic E-state index is 0.210. The van der Waals surface area contributed by atoms with Gasteiger partial charge in [0.15, 0.2) is 0 Å². The van der Waals surface area contributed by atoms with E-state index in [2.05, 4.69) is 0 Å². The van der Waals surface area contributed by atoms with Crippen molar-refractivity contribution >= 4 is 10.9 Å². The Morgan fingerprint density at radius 2 is 1.73 bits per heavy atom. The third kappa shape index (κ3) is 2.26. The minimum atomic E-state index is -0.283. The molecule has 4 heteroatoms. The molecule has 0 radical (unpaired) electrons. The third-order valence-electron chi connectivity index (χ3n) is 3.75. The smallest absolute Gasteiger partial charge is 0.268 e. The van der Waals surface area contributed by atoms with Crippen LogP contribution in [0.2, 0.25) is 0 Å². The molecule has 0 atom stereocenters. The van der Waals surface area contributed by atoms with E-state index in [1.807, 2.05) is 62.4 Å². The highest BCUT2D eigenvalue weighted by Crippen LogP contribution is 2.15. The molecule has 0 aliphatic rings. The van der Waals surface area contributed by atoms with E-state index in [4.69, 9.17) is 0 Å². The molecule has 1 aromatic heterocycles. The van der Waals surface area contributed by atoms with Crippen LogP contribution < -0.4 is 11.2 Å². The number of fused-ring (bicyclic) bond motifs is 1. The van der Waals surface area contributed by atoms with Crippen LogP contribution in [0.4, 0.5) is 0 Å². The van der Waals surface area contributed by atoms with Crippen molar-refractivity contribution < 1.29 is 0 Å². The Bertz CT molecular complexity index is 937. The van der Waals surface area contributed by atoms with Crippen LogP contribution in [-0.2, 0) is 6.54 Å². The van der Waals surface area contributed by atoms with Gasteiger partial charge in [-0.25, -0.2) is 4.79 Å². The molecule has 112 valence electrons. The Morgan fingerprint density at radius 3 is 2.41 bits per heavy atom. The molecule has 22 heavy (non-hydrogen) atoms. The van der Waals surface area contributed by atoms with Crippen LogP contribution in [0.25, 0.3) is 16.6 Å². The van der Waals surface area contributed by atoms with E-state index in [1.165, 1.54) is 4.57 Å². The van der Waals surface area contributed by atoms with Gasteiger partial charge in [0, 0.05) is 6.54 Å². The summed E-state index contributed by atoms with van der Waals surface area (Å²) in [6.07, 6.45) is 0.737. The van der Waals surface area contributed by atoms with Crippen molar-refractivity contribution in [3.05, 3.63) is 74.9 Å². The van der Waals surface area contributed by atoms with Gasteiger partial charge in [-0.1, -0.05) is 36.8 Å². The second-order valence-corrected chi connectivity index (χ2v) is 5.43. The van der Waals surface area contributed by atoms with Gasteiger partial charge in [-0.05, 0) is 37.6 Å². The third-order valence-corrected chi connectivity index (χ3v) is 3.75. The van der Waals surface area contributed by atoms with E-state index in [0.717, 1.165) is 17.7 Å². The van der Waals surface area contributed by atoms with E-state index < -0.39 is 0 Å². The van der Waals surface area contributed by atoms with Gasteiger partial charge in [0.1, 0.15) is 0 Å². The Kier molecular flexibility index (Phi) is 3.67. The summed E-state index contributed by atoms with van der Waals surface area (Å²) in [7, 11) is 0. The van der Waals surface area contributed by atoms with Crippen molar-refractivity contribution in [2.45, 2.75) is 26.8 Å². The number of benzene rings is 2. The molecule has 3 aromatic rings. The zero-order valence-corrected chi connectivity index (χ0v) is 12.7. The van der Waals surface area contributed by atoms with Gasteiger partial charge < -0.3 is 0 Å². The van der Waals surface area contributed by atoms with Gasteiger partial charge >= 0.3 is 5.69 Å². The maximum Gasteiger partial charge on any atom is 0.336 e. The summed E-state index contributed by atoms with van der Waals surface area (Å²) in [6.45, 7) is 4.33. The van der Waals surface area contributed by atoms with Gasteiger partial charge in [-0.3, -0.25) is 13.9 Å². The molecule has 0 unspecified atom stereocenters. The molecule has 0 bridgehead atoms. The minimum Gasteiger partial charge on any atom is -0.268 e. The monoisotopic (exact) mass is 294 g/mol. The lowest BCUT2D eigenvalue weighted by Crippen LogP contribution is -2.39. The van der Waals surface area contributed by atoms with Crippen molar-refractivity contribution in [2.75, 3.05) is 0 Å². The number of para-hydroxylation sites is 1. The summed E-state index contributed by atoms with van der Waals surface area (Å²) in [5.41, 5.74) is 1.93. The highest BCUT2D eigenvalue weighted by molar-refractivity contribution is 5.80. The van der Waals surface area contributed by atoms with Gasteiger partial charge in [-0.15, -0.1) is 0 Å². The van der Waals surface area contributed by atoms with E-state index in [1.54, 1.807) is 4.57 Å². The predicted molar refractivity (Wildman–Crippen MR) is 88.8 cm³/mol. The largest absolute Gasteiger partial charge is 0.336 e. The zero-order valence-electron chi connectivity index (χ0n) is 12.7. The standard InChI is InChI=1S/C18H18N2O2/c1-3-11-19-17(21)15-12-13(2)9-10-16(15)20(18(19)22)14-7-5-4-6-8-14/h4-10,12H,3,11H2,1-2H3. The molecule has 0 spiro atoms. The first-order chi connectivity index (χ1) is 10.6. The lowest BCUT2D eigenvalue weighted by molar-refractivity contribution is 0.608. The maximum absolute atomic E-state index is 12.8. The van der Waals surface area contributed by atoms with E-state index >= 15 is 0 Å². The number of aromatic nitrogens is 2. The van der Waals surface area contributed by atoms with Crippen LogP contribution in [0.5, 0.6) is 0 Å². The number of hydrogen-bond acceptors (Lipinski definition) is 2. The summed E-state index contributed by atoms with van der Waals surface area (Å²) in [5.74, 6) is 0. The summed E-state index contributed by atoms with van der Waals surface area (Å²) in [6, 6.07) is 15.0. The van der Waals surface area contributed by atoms with E-state index in [9.17, 15) is 9.59 Å². The topological polar surface area (TPSA) is 44.0 Å². The molecular weight excluding hydrogens is 276 g/mol. The normalized spacial score (nSPS) is 11.0. The number of rotatable bonds is 3. The van der Waals surface area contributed by atoms with Crippen LogP contribution in [0.15, 0.2) is 58.1 Å². The van der Waals surface area contributed by atoms with Crippen LogP contribution in [-0.4, -0.2) is 9.13 Å². The first kappa shape index (κ1) is 14.3. The molecular formula is C18H18N2O2. The maximum atomic E-state index is 12.8. The molecule has 1 heterocycles. The number of aryl methyl sites for hydroxylation is 1. The SMILES string of the molecule is CCCn1c(=O)c2cc(C)ccc2n(-c2ccccc2)c1=O. The molecule has 0 saturated carbocycles. The van der Waals surface area contributed by atoms with Crippen LogP contribution in [0.1, 0.15) is 18.9 Å². The van der Waals surface area contributed by atoms with Crippen LogP contribution in [0.3, 0.4) is 0 Å². The van der Waals surface area contributed by atoms with Crippen molar-refractivity contribution in [1.29, 1.82) is 0 Å². The Balaban J connectivity index is 2.50. The predicted octanol–water partition coefficient (Wildman–Crippen LogP) is 2.87. The molecule has 0 N–H and O–H groups in total. The lowest BCUT2D eigenvalue weighted by Gasteiger charge is -2.14. The fraction of sp³-hybridized carbons (Fsp3) is 0.222. The first-order valence-corrected chi connectivity index (χ1v) is 7.45. The molecule has 0 aliphatic heterocycles. The number of nitrogens with zero attached hydrogens (tertiary/aromatic N) is 2. The van der Waals surface area contributed by atoms with Crippen molar-refractivity contribution in [3.8, 4) is 5.69 Å². The molecule has 0 saturated heterocycles. The van der Waals surface area contributed by atoms with Crippen LogP contribution >= 0.6 is 0 Å². The fourth-order valence-electron chi connectivity index (χ4n) is 2.72. The lowest BCUT2D eigenvalue weighted by atomic mass is 10.1. The van der Waals surface area contributed by atoms with E-state index in [-0.39, 0.29) is 11.2 Å². The van der Waals surface area contributed by atoms with Crippen molar-refractivity contribution in [3.63, 3.8) is 0 Å². The molecule has 3 rings (SSSR count). The summed E-state index contributed by atoms with van der Waals surface area (Å²) >= 11 is 0. The van der Waals surface area contributed by atoms with Crippen molar-refractivity contribution in [1.82, 2.24) is 9.13 Å². The van der Waals surface area contributed by atoms with Gasteiger partial charge in [0.25, 0.3) is 5.56 Å². The Labute approximate surface area is 128 Å². The molecule has 0 fully saturated rings. The average Bonchev–Trinajstić information content (AvgIpc) is 2.53.